The highest BCUT2D eigenvalue weighted by molar-refractivity contribution is 5.98. The van der Waals surface area contributed by atoms with Crippen molar-refractivity contribution in [1.29, 1.82) is 0 Å². The Labute approximate surface area is 119 Å². The first-order valence-corrected chi connectivity index (χ1v) is 6.49. The Hall–Kier alpha value is -2.18. The molecule has 7 heteroatoms. The third-order valence-corrected chi connectivity index (χ3v) is 2.98. The molecular formula is C14H14F3N3O. The molecule has 0 spiro atoms. The van der Waals surface area contributed by atoms with Crippen molar-refractivity contribution in [3.05, 3.63) is 47.5 Å². The lowest BCUT2D eigenvalue weighted by Crippen LogP contribution is -2.16. The second-order valence-electron chi connectivity index (χ2n) is 4.54. The molecule has 21 heavy (non-hydrogen) atoms. The third kappa shape index (κ3) is 3.48. The van der Waals surface area contributed by atoms with Gasteiger partial charge in [-0.2, -0.15) is 18.3 Å². The number of aryl methyl sites for hydroxylation is 1. The average molecular weight is 297 g/mol. The lowest BCUT2D eigenvalue weighted by Gasteiger charge is -2.11. The van der Waals surface area contributed by atoms with E-state index in [1.807, 2.05) is 6.92 Å². The number of carbonyl (C=O) groups excluding carboxylic acids is 1. The molecule has 0 aliphatic rings. The molecule has 2 rings (SSSR count). The minimum Gasteiger partial charge on any atom is -0.294 e. The predicted molar refractivity (Wildman–Crippen MR) is 69.8 cm³/mol. The summed E-state index contributed by atoms with van der Waals surface area (Å²) in [7, 11) is 0. The van der Waals surface area contributed by atoms with Crippen molar-refractivity contribution in [3.8, 4) is 0 Å². The molecule has 0 unspecified atom stereocenters. The second kappa shape index (κ2) is 6.07. The summed E-state index contributed by atoms with van der Waals surface area (Å²) in [5.74, 6) is -0.243. The first kappa shape index (κ1) is 15.2. The zero-order valence-electron chi connectivity index (χ0n) is 11.4. The number of alkyl halides is 3. The Kier molecular flexibility index (Phi) is 4.40. The van der Waals surface area contributed by atoms with E-state index in [2.05, 4.69) is 10.1 Å². The second-order valence-corrected chi connectivity index (χ2v) is 4.54. The number of hydrogen-bond donors (Lipinski definition) is 0. The molecule has 0 fully saturated rings. The summed E-state index contributed by atoms with van der Waals surface area (Å²) in [4.78, 5) is 16.1. The van der Waals surface area contributed by atoms with Crippen molar-refractivity contribution in [1.82, 2.24) is 14.8 Å². The number of hydrogen-bond acceptors (Lipinski definition) is 3. The fourth-order valence-electron chi connectivity index (χ4n) is 2.04. The minimum atomic E-state index is -4.55. The van der Waals surface area contributed by atoms with E-state index >= 15 is 0 Å². The fourth-order valence-corrected chi connectivity index (χ4v) is 2.04. The van der Waals surface area contributed by atoms with Crippen LogP contribution in [0.15, 0.2) is 30.6 Å². The van der Waals surface area contributed by atoms with Gasteiger partial charge < -0.3 is 0 Å². The van der Waals surface area contributed by atoms with Crippen molar-refractivity contribution < 1.29 is 18.0 Å². The van der Waals surface area contributed by atoms with E-state index in [-0.39, 0.29) is 12.0 Å². The molecule has 0 N–H and O–H groups in total. The van der Waals surface area contributed by atoms with Crippen molar-refractivity contribution in [2.75, 3.05) is 0 Å². The van der Waals surface area contributed by atoms with Gasteiger partial charge >= 0.3 is 6.18 Å². The normalized spacial score (nSPS) is 11.6. The number of nitrogens with zero attached hydrogens (tertiary/aromatic N) is 3. The van der Waals surface area contributed by atoms with Crippen LogP contribution in [0.25, 0.3) is 0 Å². The van der Waals surface area contributed by atoms with Crippen molar-refractivity contribution in [2.45, 2.75) is 32.5 Å². The van der Waals surface area contributed by atoms with E-state index in [1.165, 1.54) is 29.2 Å². The van der Waals surface area contributed by atoms with Crippen LogP contribution in [0, 0.1) is 0 Å². The Morgan fingerprint density at radius 2 is 2.00 bits per heavy atom. The molecule has 0 saturated heterocycles. The van der Waals surface area contributed by atoms with Crippen LogP contribution in [0.2, 0.25) is 0 Å². The Morgan fingerprint density at radius 1 is 1.29 bits per heavy atom. The van der Waals surface area contributed by atoms with Crippen LogP contribution in [0.5, 0.6) is 0 Å². The maximum absolute atomic E-state index is 12.9. The van der Waals surface area contributed by atoms with E-state index in [0.717, 1.165) is 12.5 Å². The molecule has 0 saturated carbocycles. The Balaban J connectivity index is 2.27. The number of rotatable bonds is 5. The van der Waals surface area contributed by atoms with Crippen LogP contribution in [-0.4, -0.2) is 20.5 Å². The van der Waals surface area contributed by atoms with Gasteiger partial charge in [-0.05, 0) is 12.5 Å². The number of aromatic nitrogens is 3. The van der Waals surface area contributed by atoms with Gasteiger partial charge in [-0.25, -0.2) is 9.67 Å². The molecule has 1 aromatic carbocycles. The van der Waals surface area contributed by atoms with Crippen LogP contribution in [0.1, 0.15) is 35.1 Å². The summed E-state index contributed by atoms with van der Waals surface area (Å²) >= 11 is 0. The van der Waals surface area contributed by atoms with Gasteiger partial charge in [0, 0.05) is 12.1 Å². The van der Waals surface area contributed by atoms with Gasteiger partial charge in [0.15, 0.2) is 5.78 Å². The molecule has 0 amide bonds. The van der Waals surface area contributed by atoms with Gasteiger partial charge in [-0.1, -0.05) is 25.1 Å². The lowest BCUT2D eigenvalue weighted by atomic mass is 10.0. The zero-order valence-corrected chi connectivity index (χ0v) is 11.4. The molecule has 4 nitrogen and oxygen atoms in total. The predicted octanol–water partition coefficient (Wildman–Crippen LogP) is 3.13. The number of benzene rings is 1. The van der Waals surface area contributed by atoms with Gasteiger partial charge in [0.1, 0.15) is 12.2 Å². The van der Waals surface area contributed by atoms with Crippen LogP contribution >= 0.6 is 0 Å². The van der Waals surface area contributed by atoms with Gasteiger partial charge in [0.05, 0.1) is 12.0 Å². The summed E-state index contributed by atoms with van der Waals surface area (Å²) in [6, 6.07) is 4.77. The molecule has 0 aliphatic heterocycles. The van der Waals surface area contributed by atoms with Crippen molar-refractivity contribution >= 4 is 5.78 Å². The van der Waals surface area contributed by atoms with Crippen molar-refractivity contribution in [2.24, 2.45) is 0 Å². The van der Waals surface area contributed by atoms with Gasteiger partial charge in [0.2, 0.25) is 0 Å². The van der Waals surface area contributed by atoms with E-state index in [4.69, 9.17) is 0 Å². The average Bonchev–Trinajstić information content (AvgIpc) is 2.85. The summed E-state index contributed by atoms with van der Waals surface area (Å²) < 4.78 is 40.2. The number of carbonyl (C=O) groups is 1. The van der Waals surface area contributed by atoms with Gasteiger partial charge in [-0.3, -0.25) is 4.79 Å². The number of ketones is 1. The summed E-state index contributed by atoms with van der Waals surface area (Å²) in [5, 5.41) is 3.95. The minimum absolute atomic E-state index is 0.201. The first-order valence-electron chi connectivity index (χ1n) is 6.49. The largest absolute Gasteiger partial charge is 0.417 e. The maximum atomic E-state index is 12.9. The monoisotopic (exact) mass is 297 g/mol. The topological polar surface area (TPSA) is 47.8 Å². The van der Waals surface area contributed by atoms with Crippen LogP contribution < -0.4 is 0 Å². The molecule has 0 radical (unpaired) electrons. The summed E-state index contributed by atoms with van der Waals surface area (Å²) in [6.45, 7) is 2.51. The summed E-state index contributed by atoms with van der Waals surface area (Å²) in [6.07, 6.45) is -2.66. The number of Topliss-reactive ketones (excluding diaryl/α,β-unsaturated/α-hetero) is 1. The van der Waals surface area contributed by atoms with E-state index < -0.39 is 17.5 Å². The third-order valence-electron chi connectivity index (χ3n) is 2.98. The molecule has 1 heterocycles. The van der Waals surface area contributed by atoms with E-state index in [1.54, 1.807) is 0 Å². The van der Waals surface area contributed by atoms with Crippen LogP contribution in [0.4, 0.5) is 13.2 Å². The van der Waals surface area contributed by atoms with Crippen LogP contribution in [0.3, 0.4) is 0 Å². The molecule has 0 bridgehead atoms. The fraction of sp³-hybridized carbons (Fsp3) is 0.357. The van der Waals surface area contributed by atoms with Gasteiger partial charge in [-0.15, -0.1) is 0 Å². The molecular weight excluding hydrogens is 283 g/mol. The first-order chi connectivity index (χ1) is 9.93. The zero-order chi connectivity index (χ0) is 15.5. The summed E-state index contributed by atoms with van der Waals surface area (Å²) in [5.41, 5.74) is -1.26. The highest BCUT2D eigenvalue weighted by Crippen LogP contribution is 2.32. The van der Waals surface area contributed by atoms with Crippen LogP contribution in [-0.2, 0) is 19.1 Å². The van der Waals surface area contributed by atoms with Gasteiger partial charge in [0.25, 0.3) is 0 Å². The molecule has 0 aliphatic carbocycles. The van der Waals surface area contributed by atoms with E-state index in [9.17, 15) is 18.0 Å². The Morgan fingerprint density at radius 3 is 2.67 bits per heavy atom. The smallest absolute Gasteiger partial charge is 0.294 e. The SMILES string of the molecule is CCCn1ncnc1CC(=O)c1ccccc1C(F)(F)F. The number of halogens is 3. The van der Waals surface area contributed by atoms with E-state index in [0.29, 0.717) is 12.4 Å². The highest BCUT2D eigenvalue weighted by Gasteiger charge is 2.34. The molecule has 2 aromatic rings. The quantitative estimate of drug-likeness (QED) is 0.797. The maximum Gasteiger partial charge on any atom is 0.417 e. The Bertz CT molecular complexity index is 634. The highest BCUT2D eigenvalue weighted by atomic mass is 19.4. The standard InChI is InChI=1S/C14H14F3N3O/c1-2-7-20-13(18-9-19-20)8-12(21)10-5-3-4-6-11(10)14(15,16)17/h3-6,9H,2,7-8H2,1H3. The molecule has 112 valence electrons. The molecule has 1 aromatic heterocycles. The molecule has 0 atom stereocenters. The van der Waals surface area contributed by atoms with Crippen molar-refractivity contribution in [3.63, 3.8) is 0 Å². The lowest BCUT2D eigenvalue weighted by molar-refractivity contribution is -0.137.